The molecule has 0 atom stereocenters. The summed E-state index contributed by atoms with van der Waals surface area (Å²) in [6.45, 7) is 0. The lowest BCUT2D eigenvalue weighted by atomic mass is 10.2. The van der Waals surface area contributed by atoms with Gasteiger partial charge >= 0.3 is 10.1 Å². The Morgan fingerprint density at radius 1 is 1.43 bits per heavy atom. The summed E-state index contributed by atoms with van der Waals surface area (Å²) in [5, 5.41) is 5.90. The summed E-state index contributed by atoms with van der Waals surface area (Å²) in [5.41, 5.74) is 6.32. The third kappa shape index (κ3) is 1.32. The van der Waals surface area contributed by atoms with Gasteiger partial charge in [-0.05, 0) is 18.2 Å². The van der Waals surface area contributed by atoms with Crippen molar-refractivity contribution in [2.75, 3.05) is 5.73 Å². The molecule has 0 saturated heterocycles. The zero-order valence-electron chi connectivity index (χ0n) is 6.93. The van der Waals surface area contributed by atoms with E-state index in [-0.39, 0.29) is 10.4 Å². The molecule has 2 aromatic rings. The maximum Gasteiger partial charge on any atom is 0.312 e. The second kappa shape index (κ2) is 2.69. The fourth-order valence-electron chi connectivity index (χ4n) is 1.20. The van der Waals surface area contributed by atoms with Crippen LogP contribution in [0.3, 0.4) is 0 Å². The molecule has 0 saturated carbocycles. The fourth-order valence-corrected chi connectivity index (χ4v) is 1.80. The minimum absolute atomic E-state index is 0.285. The molecule has 0 radical (unpaired) electrons. The van der Waals surface area contributed by atoms with Crippen LogP contribution in [-0.4, -0.2) is 23.2 Å². The number of nitrogen functional groups attached to an aromatic ring is 1. The highest BCUT2D eigenvalue weighted by atomic mass is 32.2. The van der Waals surface area contributed by atoms with Gasteiger partial charge in [0.05, 0.1) is 5.52 Å². The Hall–Kier alpha value is -1.60. The Morgan fingerprint density at radius 2 is 2.14 bits per heavy atom. The minimum Gasteiger partial charge on any atom is -0.399 e. The molecule has 0 aliphatic rings. The first-order valence-corrected chi connectivity index (χ1v) is 5.13. The van der Waals surface area contributed by atoms with Gasteiger partial charge in [-0.2, -0.15) is 13.5 Å². The van der Waals surface area contributed by atoms with E-state index < -0.39 is 10.1 Å². The molecule has 0 unspecified atom stereocenters. The van der Waals surface area contributed by atoms with Crippen molar-refractivity contribution in [2.45, 2.75) is 5.03 Å². The molecule has 1 heterocycles. The largest absolute Gasteiger partial charge is 0.399 e. The third-order valence-electron chi connectivity index (χ3n) is 1.80. The average Bonchev–Trinajstić information content (AvgIpc) is 2.45. The summed E-state index contributed by atoms with van der Waals surface area (Å²) in [4.78, 5) is 0. The molecule has 1 aromatic carbocycles. The van der Waals surface area contributed by atoms with E-state index in [1.54, 1.807) is 12.1 Å². The predicted molar refractivity (Wildman–Crippen MR) is 50.3 cm³/mol. The van der Waals surface area contributed by atoms with Gasteiger partial charge in [0.2, 0.25) is 0 Å². The topological polar surface area (TPSA) is 109 Å². The number of nitrogens with zero attached hydrogens (tertiary/aromatic N) is 1. The Kier molecular flexibility index (Phi) is 1.73. The number of fused-ring (bicyclic) bond motifs is 1. The monoisotopic (exact) mass is 213 g/mol. The number of nitrogens with two attached hydrogens (primary N) is 1. The quantitative estimate of drug-likeness (QED) is 0.469. The van der Waals surface area contributed by atoms with Crippen LogP contribution >= 0.6 is 0 Å². The number of H-pyrrole nitrogens is 1. The Bertz CT molecular complexity index is 587. The van der Waals surface area contributed by atoms with E-state index in [9.17, 15) is 8.42 Å². The van der Waals surface area contributed by atoms with Gasteiger partial charge < -0.3 is 5.73 Å². The number of nitrogens with one attached hydrogen (secondary N) is 1. The highest BCUT2D eigenvalue weighted by Crippen LogP contribution is 2.21. The van der Waals surface area contributed by atoms with Gasteiger partial charge in [-0.1, -0.05) is 0 Å². The van der Waals surface area contributed by atoms with Crippen molar-refractivity contribution in [1.82, 2.24) is 10.2 Å². The molecular formula is C7H7N3O3S. The van der Waals surface area contributed by atoms with Crippen LogP contribution < -0.4 is 5.73 Å². The molecule has 4 N–H and O–H groups in total. The number of aromatic nitrogens is 2. The highest BCUT2D eigenvalue weighted by molar-refractivity contribution is 7.86. The summed E-state index contributed by atoms with van der Waals surface area (Å²) >= 11 is 0. The summed E-state index contributed by atoms with van der Waals surface area (Å²) in [6, 6.07) is 4.59. The van der Waals surface area contributed by atoms with Gasteiger partial charge in [-0.15, -0.1) is 0 Å². The molecule has 6 nitrogen and oxygen atoms in total. The summed E-state index contributed by atoms with van der Waals surface area (Å²) in [7, 11) is -4.28. The summed E-state index contributed by atoms with van der Waals surface area (Å²) in [6.07, 6.45) is 0. The number of hydrogen-bond acceptors (Lipinski definition) is 4. The molecule has 0 fully saturated rings. The predicted octanol–water partition coefficient (Wildman–Crippen LogP) is 0.392. The smallest absolute Gasteiger partial charge is 0.312 e. The van der Waals surface area contributed by atoms with Crippen LogP contribution in [-0.2, 0) is 10.1 Å². The van der Waals surface area contributed by atoms with E-state index in [0.29, 0.717) is 11.2 Å². The third-order valence-corrected chi connectivity index (χ3v) is 2.63. The van der Waals surface area contributed by atoms with Gasteiger partial charge in [-0.3, -0.25) is 9.65 Å². The van der Waals surface area contributed by atoms with E-state index in [2.05, 4.69) is 10.2 Å². The van der Waals surface area contributed by atoms with Crippen LogP contribution in [0.25, 0.3) is 10.9 Å². The Labute approximate surface area is 79.5 Å². The second-order valence-electron chi connectivity index (χ2n) is 2.80. The van der Waals surface area contributed by atoms with E-state index in [4.69, 9.17) is 10.3 Å². The number of rotatable bonds is 1. The maximum absolute atomic E-state index is 10.9. The van der Waals surface area contributed by atoms with Crippen molar-refractivity contribution in [1.29, 1.82) is 0 Å². The van der Waals surface area contributed by atoms with Crippen LogP contribution in [0.4, 0.5) is 5.69 Å². The molecule has 74 valence electrons. The van der Waals surface area contributed by atoms with Crippen LogP contribution in [0.1, 0.15) is 0 Å². The summed E-state index contributed by atoms with van der Waals surface area (Å²) in [5.74, 6) is 0. The van der Waals surface area contributed by atoms with Crippen molar-refractivity contribution in [2.24, 2.45) is 0 Å². The van der Waals surface area contributed by atoms with Crippen LogP contribution in [0.15, 0.2) is 23.2 Å². The van der Waals surface area contributed by atoms with E-state index >= 15 is 0 Å². The lowest BCUT2D eigenvalue weighted by Crippen LogP contribution is -1.98. The average molecular weight is 213 g/mol. The van der Waals surface area contributed by atoms with Crippen LogP contribution in [0, 0.1) is 0 Å². The first-order valence-electron chi connectivity index (χ1n) is 3.69. The Morgan fingerprint density at radius 3 is 2.79 bits per heavy atom. The molecular weight excluding hydrogens is 206 g/mol. The van der Waals surface area contributed by atoms with Crippen LogP contribution in [0.5, 0.6) is 0 Å². The first-order chi connectivity index (χ1) is 6.48. The number of benzene rings is 1. The van der Waals surface area contributed by atoms with Gasteiger partial charge in [0.1, 0.15) is 0 Å². The molecule has 0 aliphatic heterocycles. The normalized spacial score (nSPS) is 12.1. The molecule has 0 aliphatic carbocycles. The molecule has 0 bridgehead atoms. The lowest BCUT2D eigenvalue weighted by molar-refractivity contribution is 0.480. The fraction of sp³-hybridized carbons (Fsp3) is 0. The first kappa shape index (κ1) is 8.97. The summed E-state index contributed by atoms with van der Waals surface area (Å²) < 4.78 is 30.6. The van der Waals surface area contributed by atoms with E-state index in [1.165, 1.54) is 6.07 Å². The number of hydrogen-bond donors (Lipinski definition) is 3. The highest BCUT2D eigenvalue weighted by Gasteiger charge is 2.16. The van der Waals surface area contributed by atoms with Crippen molar-refractivity contribution >= 4 is 26.7 Å². The van der Waals surface area contributed by atoms with Crippen molar-refractivity contribution in [3.63, 3.8) is 0 Å². The maximum atomic E-state index is 10.9. The van der Waals surface area contributed by atoms with Crippen molar-refractivity contribution < 1.29 is 13.0 Å². The molecule has 1 aromatic heterocycles. The van der Waals surface area contributed by atoms with Crippen molar-refractivity contribution in [3.05, 3.63) is 18.2 Å². The zero-order chi connectivity index (χ0) is 10.3. The Balaban J connectivity index is 2.87. The minimum atomic E-state index is -4.28. The van der Waals surface area contributed by atoms with E-state index in [0.717, 1.165) is 0 Å². The SMILES string of the molecule is Nc1ccc2n[nH]c(S(=O)(=O)O)c2c1. The molecule has 0 amide bonds. The molecule has 2 rings (SSSR count). The van der Waals surface area contributed by atoms with Gasteiger partial charge in [0.25, 0.3) is 0 Å². The lowest BCUT2D eigenvalue weighted by Gasteiger charge is -1.94. The van der Waals surface area contributed by atoms with Gasteiger partial charge in [0, 0.05) is 11.1 Å². The van der Waals surface area contributed by atoms with Crippen molar-refractivity contribution in [3.8, 4) is 0 Å². The molecule has 14 heavy (non-hydrogen) atoms. The number of anilines is 1. The van der Waals surface area contributed by atoms with E-state index in [1.807, 2.05) is 0 Å². The number of aromatic amines is 1. The molecule has 0 spiro atoms. The zero-order valence-corrected chi connectivity index (χ0v) is 7.75. The van der Waals surface area contributed by atoms with Gasteiger partial charge in [-0.25, -0.2) is 0 Å². The molecule has 7 heteroatoms. The second-order valence-corrected chi connectivity index (χ2v) is 4.16. The van der Waals surface area contributed by atoms with Crippen LogP contribution in [0.2, 0.25) is 0 Å². The standard InChI is InChI=1S/C7H7N3O3S/c8-4-1-2-6-5(3-4)7(10-9-6)14(11,12)13/h1-3H,8H2,(H,9,10)(H,11,12,13). The van der Waals surface area contributed by atoms with Gasteiger partial charge in [0.15, 0.2) is 5.03 Å².